The highest BCUT2D eigenvalue weighted by molar-refractivity contribution is 5.96. The summed E-state index contributed by atoms with van der Waals surface area (Å²) in [7, 11) is 0. The van der Waals surface area contributed by atoms with Crippen molar-refractivity contribution in [3.63, 3.8) is 0 Å². The van der Waals surface area contributed by atoms with Gasteiger partial charge in [0.05, 0.1) is 0 Å². The Morgan fingerprint density at radius 1 is 0.963 bits per heavy atom. The summed E-state index contributed by atoms with van der Waals surface area (Å²) in [6.45, 7) is 0.618. The van der Waals surface area contributed by atoms with Crippen LogP contribution in [-0.4, -0.2) is 24.3 Å². The molecule has 134 valence electrons. The molecule has 5 heteroatoms. The normalized spacial score (nSPS) is 11.0. The molecule has 0 aliphatic heterocycles. The van der Waals surface area contributed by atoms with Crippen LogP contribution in [0.1, 0.15) is 5.56 Å². The first kappa shape index (κ1) is 18.0. The van der Waals surface area contributed by atoms with Crippen LogP contribution in [0.15, 0.2) is 72.3 Å². The second kappa shape index (κ2) is 8.54. The maximum Gasteiger partial charge on any atom is 0.346 e. The van der Waals surface area contributed by atoms with Crippen LogP contribution in [-0.2, 0) is 4.79 Å². The Bertz CT molecular complexity index is 1030. The van der Waals surface area contributed by atoms with Gasteiger partial charge in [0, 0.05) is 5.56 Å². The van der Waals surface area contributed by atoms with Gasteiger partial charge in [-0.1, -0.05) is 48.5 Å². The van der Waals surface area contributed by atoms with Crippen molar-refractivity contribution >= 4 is 22.8 Å². The van der Waals surface area contributed by atoms with Crippen molar-refractivity contribution in [2.45, 2.75) is 0 Å². The first-order valence-electron chi connectivity index (χ1n) is 8.36. The summed E-state index contributed by atoms with van der Waals surface area (Å²) in [4.78, 5) is 11.0. The molecule has 0 spiro atoms. The van der Waals surface area contributed by atoms with E-state index in [0.717, 1.165) is 16.5 Å². The highest BCUT2D eigenvalue weighted by atomic mass is 16.5. The maximum absolute atomic E-state index is 11.0. The molecule has 5 nitrogen and oxygen atoms in total. The van der Waals surface area contributed by atoms with E-state index >= 15 is 0 Å². The molecular weight excluding hydrogens is 342 g/mol. The Morgan fingerprint density at radius 3 is 2.44 bits per heavy atom. The summed E-state index contributed by atoms with van der Waals surface area (Å²) in [5.41, 5.74) is 0.181. The molecule has 0 aliphatic carbocycles. The average molecular weight is 359 g/mol. The fourth-order valence-electron chi connectivity index (χ4n) is 2.60. The lowest BCUT2D eigenvalue weighted by molar-refractivity contribution is -0.132. The number of nitrogens with zero attached hydrogens (tertiary/aromatic N) is 1. The minimum atomic E-state index is -1.27. The van der Waals surface area contributed by atoms with Crippen LogP contribution in [0.2, 0.25) is 0 Å². The summed E-state index contributed by atoms with van der Waals surface area (Å²) < 4.78 is 11.4. The summed E-state index contributed by atoms with van der Waals surface area (Å²) in [6.07, 6.45) is 1.29. The third-order valence-corrected chi connectivity index (χ3v) is 3.90. The lowest BCUT2D eigenvalue weighted by atomic mass is 10.1. The molecule has 0 heterocycles. The summed E-state index contributed by atoms with van der Waals surface area (Å²) in [6, 6.07) is 22.5. The van der Waals surface area contributed by atoms with Crippen LogP contribution in [0.4, 0.5) is 0 Å². The van der Waals surface area contributed by atoms with E-state index in [1.54, 1.807) is 30.3 Å². The maximum atomic E-state index is 11.0. The van der Waals surface area contributed by atoms with Gasteiger partial charge in [-0.3, -0.25) is 0 Å². The Morgan fingerprint density at radius 2 is 1.67 bits per heavy atom. The zero-order chi connectivity index (χ0) is 19.1. The standard InChI is InChI=1S/C22H17NO4/c23-15-19(22(24)25)13-18-7-3-4-8-21(18)27-12-11-26-20-10-9-16-5-1-2-6-17(16)14-20/h1-10,13-14H,11-12H2,(H,24,25). The highest BCUT2D eigenvalue weighted by Crippen LogP contribution is 2.22. The smallest absolute Gasteiger partial charge is 0.346 e. The van der Waals surface area contributed by atoms with Gasteiger partial charge in [0.25, 0.3) is 0 Å². The molecule has 3 aromatic carbocycles. The fraction of sp³-hybridized carbons (Fsp3) is 0.0909. The third kappa shape index (κ3) is 4.65. The van der Waals surface area contributed by atoms with Crippen LogP contribution in [0, 0.1) is 11.3 Å². The minimum Gasteiger partial charge on any atom is -0.490 e. The second-order valence-electron chi connectivity index (χ2n) is 5.72. The molecule has 0 bridgehead atoms. The van der Waals surface area contributed by atoms with Crippen molar-refractivity contribution in [2.24, 2.45) is 0 Å². The van der Waals surface area contributed by atoms with Gasteiger partial charge in [-0.05, 0) is 35.0 Å². The van der Waals surface area contributed by atoms with E-state index in [-0.39, 0.29) is 12.2 Å². The van der Waals surface area contributed by atoms with Crippen LogP contribution in [0.3, 0.4) is 0 Å². The largest absolute Gasteiger partial charge is 0.490 e. The van der Waals surface area contributed by atoms with E-state index in [1.807, 2.05) is 42.5 Å². The SMILES string of the molecule is N#CC(=Cc1ccccc1OCCOc1ccc2ccccc2c1)C(=O)O. The van der Waals surface area contributed by atoms with Gasteiger partial charge in [-0.2, -0.15) is 5.26 Å². The number of benzene rings is 3. The zero-order valence-electron chi connectivity index (χ0n) is 14.5. The molecule has 0 saturated heterocycles. The van der Waals surface area contributed by atoms with Gasteiger partial charge in [0.1, 0.15) is 36.4 Å². The topological polar surface area (TPSA) is 79.5 Å². The number of ether oxygens (including phenoxy) is 2. The number of nitriles is 1. The minimum absolute atomic E-state index is 0.284. The second-order valence-corrected chi connectivity index (χ2v) is 5.72. The van der Waals surface area contributed by atoms with Crippen LogP contribution < -0.4 is 9.47 Å². The lowest BCUT2D eigenvalue weighted by Crippen LogP contribution is -2.09. The summed E-state index contributed by atoms with van der Waals surface area (Å²) >= 11 is 0. The van der Waals surface area contributed by atoms with Gasteiger partial charge in [0.15, 0.2) is 0 Å². The van der Waals surface area contributed by atoms with Crippen LogP contribution >= 0.6 is 0 Å². The van der Waals surface area contributed by atoms with Gasteiger partial charge in [0.2, 0.25) is 0 Å². The number of carbonyl (C=O) groups is 1. The summed E-state index contributed by atoms with van der Waals surface area (Å²) in [5.74, 6) is -0.0244. The number of carboxylic acid groups (broad SMARTS) is 1. The number of hydrogen-bond donors (Lipinski definition) is 1. The monoisotopic (exact) mass is 359 g/mol. The van der Waals surface area contributed by atoms with E-state index in [1.165, 1.54) is 6.08 Å². The van der Waals surface area contributed by atoms with Crippen molar-refractivity contribution in [2.75, 3.05) is 13.2 Å². The van der Waals surface area contributed by atoms with E-state index in [4.69, 9.17) is 19.8 Å². The van der Waals surface area contributed by atoms with E-state index in [0.29, 0.717) is 17.9 Å². The Balaban J connectivity index is 1.62. The molecule has 0 fully saturated rings. The molecule has 1 N–H and O–H groups in total. The van der Waals surface area contributed by atoms with Crippen molar-refractivity contribution in [3.8, 4) is 17.6 Å². The molecule has 0 saturated carbocycles. The highest BCUT2D eigenvalue weighted by Gasteiger charge is 2.08. The van der Waals surface area contributed by atoms with Gasteiger partial charge < -0.3 is 14.6 Å². The molecule has 27 heavy (non-hydrogen) atoms. The van der Waals surface area contributed by atoms with E-state index < -0.39 is 5.97 Å². The Hall–Kier alpha value is -3.78. The number of rotatable bonds is 7. The number of hydrogen-bond acceptors (Lipinski definition) is 4. The van der Waals surface area contributed by atoms with Crippen LogP contribution in [0.25, 0.3) is 16.8 Å². The van der Waals surface area contributed by atoms with Gasteiger partial charge in [-0.25, -0.2) is 4.79 Å². The molecule has 0 radical (unpaired) electrons. The molecule has 3 aromatic rings. The van der Waals surface area contributed by atoms with Crippen molar-refractivity contribution in [1.29, 1.82) is 5.26 Å². The van der Waals surface area contributed by atoms with Crippen molar-refractivity contribution in [1.82, 2.24) is 0 Å². The van der Waals surface area contributed by atoms with Gasteiger partial charge in [-0.15, -0.1) is 0 Å². The fourth-order valence-corrected chi connectivity index (χ4v) is 2.60. The first-order chi connectivity index (χ1) is 13.2. The Labute approximate surface area is 156 Å². The molecule has 3 rings (SSSR count). The third-order valence-electron chi connectivity index (χ3n) is 3.90. The van der Waals surface area contributed by atoms with Crippen LogP contribution in [0.5, 0.6) is 11.5 Å². The number of fused-ring (bicyclic) bond motifs is 1. The lowest BCUT2D eigenvalue weighted by Gasteiger charge is -2.11. The van der Waals surface area contributed by atoms with E-state index in [9.17, 15) is 4.79 Å². The molecule has 0 atom stereocenters. The predicted octanol–water partition coefficient (Wildman–Crippen LogP) is 4.29. The van der Waals surface area contributed by atoms with Crippen molar-refractivity contribution in [3.05, 3.63) is 77.9 Å². The number of aliphatic carboxylic acids is 1. The molecule has 0 aromatic heterocycles. The average Bonchev–Trinajstić information content (AvgIpc) is 2.70. The van der Waals surface area contributed by atoms with Gasteiger partial charge >= 0.3 is 5.97 Å². The molecule has 0 aliphatic rings. The zero-order valence-corrected chi connectivity index (χ0v) is 14.5. The first-order valence-corrected chi connectivity index (χ1v) is 8.36. The number of para-hydroxylation sites is 1. The summed E-state index contributed by atoms with van der Waals surface area (Å²) in [5, 5.41) is 20.1. The molecule has 0 amide bonds. The molecule has 0 unspecified atom stereocenters. The Kier molecular flexibility index (Phi) is 5.70. The molecular formula is C22H17NO4. The van der Waals surface area contributed by atoms with Crippen molar-refractivity contribution < 1.29 is 19.4 Å². The number of carboxylic acids is 1. The quantitative estimate of drug-likeness (QED) is 0.387. The van der Waals surface area contributed by atoms with E-state index in [2.05, 4.69) is 0 Å². The predicted molar refractivity (Wildman–Crippen MR) is 103 cm³/mol.